The number of rotatable bonds is 2. The third-order valence-corrected chi connectivity index (χ3v) is 3.73. The number of Topliss-reactive ketones (excluding diaryl/α,β-unsaturated/α-hetero) is 1. The van der Waals surface area contributed by atoms with Crippen molar-refractivity contribution in [3.8, 4) is 0 Å². The molecule has 0 aliphatic carbocycles. The normalized spacial score (nSPS) is 20.8. The number of nitrogens with one attached hydrogen (secondary N) is 1. The van der Waals surface area contributed by atoms with E-state index in [2.05, 4.69) is 5.32 Å². The highest BCUT2D eigenvalue weighted by Gasteiger charge is 2.24. The second kappa shape index (κ2) is 5.17. The standard InChI is InChI=1S/C11H11ClFNOS/c12-7-1-2-8(9(13)5-7)11(15)10-6-16-4-3-14-10/h1-2,5,10,14H,3-4,6H2. The van der Waals surface area contributed by atoms with Crippen LogP contribution in [0, 0.1) is 5.82 Å². The van der Waals surface area contributed by atoms with Crippen LogP contribution in [0.1, 0.15) is 10.4 Å². The van der Waals surface area contributed by atoms with Crippen molar-refractivity contribution in [2.24, 2.45) is 0 Å². The molecule has 1 saturated heterocycles. The maximum absolute atomic E-state index is 13.5. The minimum atomic E-state index is -0.546. The topological polar surface area (TPSA) is 29.1 Å². The molecule has 5 heteroatoms. The monoisotopic (exact) mass is 259 g/mol. The molecular weight excluding hydrogens is 249 g/mol. The molecule has 86 valence electrons. The Labute approximate surface area is 103 Å². The summed E-state index contributed by atoms with van der Waals surface area (Å²) in [6.07, 6.45) is 0. The molecule has 2 nitrogen and oxygen atoms in total. The largest absolute Gasteiger partial charge is 0.306 e. The van der Waals surface area contributed by atoms with Crippen molar-refractivity contribution < 1.29 is 9.18 Å². The summed E-state index contributed by atoms with van der Waals surface area (Å²) in [4.78, 5) is 12.0. The molecule has 0 amide bonds. The summed E-state index contributed by atoms with van der Waals surface area (Å²) in [5, 5.41) is 3.39. The average Bonchev–Trinajstić information content (AvgIpc) is 2.29. The Morgan fingerprint density at radius 1 is 1.56 bits per heavy atom. The van der Waals surface area contributed by atoms with Gasteiger partial charge in [0.1, 0.15) is 5.82 Å². The second-order valence-electron chi connectivity index (χ2n) is 3.57. The molecule has 2 rings (SSSR count). The van der Waals surface area contributed by atoms with Crippen LogP contribution in [0.2, 0.25) is 5.02 Å². The van der Waals surface area contributed by atoms with Gasteiger partial charge in [0, 0.05) is 23.1 Å². The summed E-state index contributed by atoms with van der Waals surface area (Å²) in [5.41, 5.74) is 0.115. The predicted octanol–water partition coefficient (Wildman–Crippen LogP) is 2.37. The van der Waals surface area contributed by atoms with Gasteiger partial charge in [0.2, 0.25) is 0 Å². The van der Waals surface area contributed by atoms with E-state index in [1.54, 1.807) is 11.8 Å². The van der Waals surface area contributed by atoms with Crippen molar-refractivity contribution in [2.75, 3.05) is 18.1 Å². The maximum atomic E-state index is 13.5. The minimum Gasteiger partial charge on any atom is -0.306 e. The van der Waals surface area contributed by atoms with Crippen molar-refractivity contribution in [1.29, 1.82) is 0 Å². The van der Waals surface area contributed by atoms with Crippen LogP contribution >= 0.6 is 23.4 Å². The van der Waals surface area contributed by atoms with Crippen LogP contribution in [0.3, 0.4) is 0 Å². The van der Waals surface area contributed by atoms with Crippen LogP contribution in [0.5, 0.6) is 0 Å². The van der Waals surface area contributed by atoms with Crippen molar-refractivity contribution in [3.05, 3.63) is 34.6 Å². The van der Waals surface area contributed by atoms with Crippen molar-refractivity contribution in [1.82, 2.24) is 5.32 Å². The molecule has 0 spiro atoms. The fourth-order valence-electron chi connectivity index (χ4n) is 1.61. The summed E-state index contributed by atoms with van der Waals surface area (Å²) >= 11 is 7.34. The van der Waals surface area contributed by atoms with Gasteiger partial charge in [-0.1, -0.05) is 11.6 Å². The van der Waals surface area contributed by atoms with Crippen molar-refractivity contribution >= 4 is 29.1 Å². The van der Waals surface area contributed by atoms with Gasteiger partial charge in [-0.15, -0.1) is 0 Å². The van der Waals surface area contributed by atoms with E-state index in [1.165, 1.54) is 18.2 Å². The van der Waals surface area contributed by atoms with Crippen LogP contribution in [-0.2, 0) is 0 Å². The van der Waals surface area contributed by atoms with Gasteiger partial charge in [0.25, 0.3) is 0 Å². The molecule has 1 aromatic rings. The Morgan fingerprint density at radius 2 is 2.38 bits per heavy atom. The van der Waals surface area contributed by atoms with Gasteiger partial charge in [-0.3, -0.25) is 4.79 Å². The Kier molecular flexibility index (Phi) is 3.84. The van der Waals surface area contributed by atoms with Crippen LogP contribution < -0.4 is 5.32 Å². The van der Waals surface area contributed by atoms with Crippen LogP contribution in [-0.4, -0.2) is 29.9 Å². The molecule has 1 aromatic carbocycles. The molecule has 1 unspecified atom stereocenters. The Morgan fingerprint density at radius 3 is 3.00 bits per heavy atom. The van der Waals surface area contributed by atoms with Gasteiger partial charge >= 0.3 is 0 Å². The van der Waals surface area contributed by atoms with Gasteiger partial charge in [-0.05, 0) is 18.2 Å². The third kappa shape index (κ3) is 2.56. The first-order valence-corrected chi connectivity index (χ1v) is 6.52. The summed E-state index contributed by atoms with van der Waals surface area (Å²) in [7, 11) is 0. The highest BCUT2D eigenvalue weighted by atomic mass is 35.5. The molecule has 1 atom stereocenters. The van der Waals surface area contributed by atoms with E-state index in [0.29, 0.717) is 10.8 Å². The zero-order valence-electron chi connectivity index (χ0n) is 8.50. The molecule has 0 bridgehead atoms. The van der Waals surface area contributed by atoms with E-state index in [1.807, 2.05) is 0 Å². The number of halogens is 2. The number of hydrogen-bond donors (Lipinski definition) is 1. The molecule has 0 saturated carbocycles. The first-order valence-electron chi connectivity index (χ1n) is 4.99. The molecule has 16 heavy (non-hydrogen) atoms. The highest BCUT2D eigenvalue weighted by Crippen LogP contribution is 2.18. The Bertz CT molecular complexity index is 407. The number of ketones is 1. The zero-order valence-corrected chi connectivity index (χ0v) is 10.1. The second-order valence-corrected chi connectivity index (χ2v) is 5.16. The van der Waals surface area contributed by atoms with E-state index in [9.17, 15) is 9.18 Å². The Balaban J connectivity index is 2.19. The molecule has 0 aromatic heterocycles. The lowest BCUT2D eigenvalue weighted by Crippen LogP contribution is -2.43. The number of benzene rings is 1. The summed E-state index contributed by atoms with van der Waals surface area (Å²) < 4.78 is 13.5. The third-order valence-electron chi connectivity index (χ3n) is 2.43. The highest BCUT2D eigenvalue weighted by molar-refractivity contribution is 7.99. The first-order chi connectivity index (χ1) is 7.68. The number of carbonyl (C=O) groups is 1. The zero-order chi connectivity index (χ0) is 11.5. The SMILES string of the molecule is O=C(c1ccc(Cl)cc1F)C1CSCCN1. The summed E-state index contributed by atoms with van der Waals surface area (Å²) in [6, 6.07) is 3.87. The molecule has 1 heterocycles. The summed E-state index contributed by atoms with van der Waals surface area (Å²) in [6.45, 7) is 0.788. The number of thioether (sulfide) groups is 1. The molecular formula is C11H11ClFNOS. The van der Waals surface area contributed by atoms with E-state index in [0.717, 1.165) is 12.3 Å². The molecule has 1 fully saturated rings. The van der Waals surface area contributed by atoms with Gasteiger partial charge < -0.3 is 5.32 Å². The molecule has 0 radical (unpaired) electrons. The van der Waals surface area contributed by atoms with Crippen molar-refractivity contribution in [3.63, 3.8) is 0 Å². The average molecular weight is 260 g/mol. The molecule has 1 N–H and O–H groups in total. The Hall–Kier alpha value is -0.580. The van der Waals surface area contributed by atoms with Crippen LogP contribution in [0.25, 0.3) is 0 Å². The lowest BCUT2D eigenvalue weighted by atomic mass is 10.0. The fraction of sp³-hybridized carbons (Fsp3) is 0.364. The van der Waals surface area contributed by atoms with Crippen molar-refractivity contribution in [2.45, 2.75) is 6.04 Å². The maximum Gasteiger partial charge on any atom is 0.183 e. The molecule has 1 aliphatic heterocycles. The molecule has 1 aliphatic rings. The number of carbonyl (C=O) groups excluding carboxylic acids is 1. The van der Waals surface area contributed by atoms with Gasteiger partial charge in [-0.25, -0.2) is 4.39 Å². The van der Waals surface area contributed by atoms with E-state index in [4.69, 9.17) is 11.6 Å². The van der Waals surface area contributed by atoms with E-state index >= 15 is 0 Å². The number of hydrogen-bond acceptors (Lipinski definition) is 3. The van der Waals surface area contributed by atoms with E-state index in [-0.39, 0.29) is 17.4 Å². The minimum absolute atomic E-state index is 0.115. The quantitative estimate of drug-likeness (QED) is 0.827. The van der Waals surface area contributed by atoms with Gasteiger partial charge in [0.05, 0.1) is 11.6 Å². The smallest absolute Gasteiger partial charge is 0.183 e. The lowest BCUT2D eigenvalue weighted by molar-refractivity contribution is 0.0949. The fourth-order valence-corrected chi connectivity index (χ4v) is 2.70. The van der Waals surface area contributed by atoms with Crippen LogP contribution in [0.15, 0.2) is 18.2 Å². The summed E-state index contributed by atoms with van der Waals surface area (Å²) in [5.74, 6) is 0.949. The van der Waals surface area contributed by atoms with E-state index < -0.39 is 5.82 Å². The lowest BCUT2D eigenvalue weighted by Gasteiger charge is -2.22. The van der Waals surface area contributed by atoms with Crippen LogP contribution in [0.4, 0.5) is 4.39 Å². The predicted molar refractivity (Wildman–Crippen MR) is 64.9 cm³/mol. The van der Waals surface area contributed by atoms with Gasteiger partial charge in [0.15, 0.2) is 5.78 Å². The first kappa shape index (κ1) is 11.9. The van der Waals surface area contributed by atoms with Gasteiger partial charge in [-0.2, -0.15) is 11.8 Å².